The van der Waals surface area contributed by atoms with E-state index < -0.39 is 0 Å². The van der Waals surface area contributed by atoms with Gasteiger partial charge in [0.15, 0.2) is 0 Å². The first-order chi connectivity index (χ1) is 15.6. The number of fused-ring (bicyclic) bond motifs is 5. The number of carbonyl (C=O) groups is 1. The second kappa shape index (κ2) is 9.38. The Balaban J connectivity index is 1.52. The third kappa shape index (κ3) is 4.41. The van der Waals surface area contributed by atoms with Crippen molar-refractivity contribution in [3.05, 3.63) is 35.6 Å². The van der Waals surface area contributed by atoms with Gasteiger partial charge in [-0.3, -0.25) is 4.79 Å². The molecule has 0 radical (unpaired) electrons. The van der Waals surface area contributed by atoms with Crippen LogP contribution in [0.5, 0.6) is 0 Å². The van der Waals surface area contributed by atoms with Crippen molar-refractivity contribution in [3.63, 3.8) is 0 Å². The van der Waals surface area contributed by atoms with E-state index in [1.54, 1.807) is 0 Å². The first-order valence-electron chi connectivity index (χ1n) is 13.9. The second-order valence-electron chi connectivity index (χ2n) is 12.7. The Morgan fingerprint density at radius 3 is 2.55 bits per heavy atom. The highest BCUT2D eigenvalue weighted by molar-refractivity contribution is 5.67. The quantitative estimate of drug-likeness (QED) is 0.298. The third-order valence-electron chi connectivity index (χ3n) is 10.7. The van der Waals surface area contributed by atoms with Gasteiger partial charge in [0.05, 0.1) is 0 Å². The van der Waals surface area contributed by atoms with E-state index in [-0.39, 0.29) is 11.4 Å². The van der Waals surface area contributed by atoms with E-state index in [0.717, 1.165) is 48.2 Å². The van der Waals surface area contributed by atoms with E-state index in [2.05, 4.69) is 65.8 Å². The molecule has 0 aliphatic heterocycles. The van der Waals surface area contributed by atoms with Gasteiger partial charge in [-0.1, -0.05) is 59.8 Å². The van der Waals surface area contributed by atoms with Crippen molar-refractivity contribution < 1.29 is 9.53 Å². The van der Waals surface area contributed by atoms with E-state index in [9.17, 15) is 4.79 Å². The smallest absolute Gasteiger partial charge is 0.307 e. The Morgan fingerprint density at radius 2 is 1.88 bits per heavy atom. The second-order valence-corrected chi connectivity index (χ2v) is 12.7. The molecule has 0 N–H and O–H groups in total. The molecule has 0 aromatic heterocycles. The monoisotopic (exact) mass is 452 g/mol. The molecule has 4 aliphatic carbocycles. The van der Waals surface area contributed by atoms with Gasteiger partial charge in [0, 0.05) is 13.3 Å². The third-order valence-corrected chi connectivity index (χ3v) is 10.7. The van der Waals surface area contributed by atoms with Gasteiger partial charge in [0.2, 0.25) is 0 Å². The summed E-state index contributed by atoms with van der Waals surface area (Å²) in [5, 5.41) is 0. The minimum atomic E-state index is -0.189. The van der Waals surface area contributed by atoms with Gasteiger partial charge >= 0.3 is 5.97 Å². The topological polar surface area (TPSA) is 26.3 Å². The molecule has 8 unspecified atom stereocenters. The number of rotatable bonds is 6. The van der Waals surface area contributed by atoms with Crippen molar-refractivity contribution in [1.82, 2.24) is 0 Å². The first kappa shape index (κ1) is 24.8. The number of carbonyl (C=O) groups excluding carboxylic acids is 1. The zero-order chi connectivity index (χ0) is 24.0. The molecule has 4 rings (SSSR count). The van der Waals surface area contributed by atoms with Crippen LogP contribution in [0.25, 0.3) is 0 Å². The lowest BCUT2D eigenvalue weighted by Crippen LogP contribution is -2.49. The molecule has 0 heterocycles. The lowest BCUT2D eigenvalue weighted by Gasteiger charge is -2.57. The van der Waals surface area contributed by atoms with Crippen LogP contribution in [0.1, 0.15) is 99.8 Å². The first-order valence-corrected chi connectivity index (χ1v) is 13.9. The summed E-state index contributed by atoms with van der Waals surface area (Å²) >= 11 is 0. The molecule has 2 fully saturated rings. The van der Waals surface area contributed by atoms with Crippen LogP contribution in [0.3, 0.4) is 0 Å². The van der Waals surface area contributed by atoms with Crippen LogP contribution < -0.4 is 0 Å². The predicted molar refractivity (Wildman–Crippen MR) is 137 cm³/mol. The highest BCUT2D eigenvalue weighted by Crippen LogP contribution is 2.67. The summed E-state index contributed by atoms with van der Waals surface area (Å²) in [5.41, 5.74) is 2.18. The average molecular weight is 453 g/mol. The molecule has 0 bridgehead atoms. The molecule has 0 amide bonds. The van der Waals surface area contributed by atoms with Crippen LogP contribution in [-0.2, 0) is 9.53 Å². The van der Waals surface area contributed by atoms with Gasteiger partial charge in [-0.15, -0.1) is 0 Å². The SMILES string of the molecule is CCC(/C=C/C(C)C1CCC2C3CC=C4C=C(OC(C)=O)CCC4(C)C3CCC12C)C(C)C. The van der Waals surface area contributed by atoms with E-state index in [0.29, 0.717) is 17.3 Å². The predicted octanol–water partition coefficient (Wildman–Crippen LogP) is 8.50. The molecule has 0 spiro atoms. The summed E-state index contributed by atoms with van der Waals surface area (Å²) in [5.74, 6) is 6.09. The number of esters is 1. The summed E-state index contributed by atoms with van der Waals surface area (Å²) in [6.07, 6.45) is 19.9. The molecule has 8 atom stereocenters. The largest absolute Gasteiger partial charge is 0.431 e. The summed E-state index contributed by atoms with van der Waals surface area (Å²) < 4.78 is 5.48. The molecular formula is C31H48O2. The summed E-state index contributed by atoms with van der Waals surface area (Å²) in [6, 6.07) is 0. The van der Waals surface area contributed by atoms with Crippen molar-refractivity contribution in [2.45, 2.75) is 99.8 Å². The van der Waals surface area contributed by atoms with E-state index in [4.69, 9.17) is 4.74 Å². The van der Waals surface area contributed by atoms with Gasteiger partial charge in [0.1, 0.15) is 5.76 Å². The summed E-state index contributed by atoms with van der Waals surface area (Å²) in [7, 11) is 0. The van der Waals surface area contributed by atoms with E-state index >= 15 is 0 Å². The number of hydrogen-bond donors (Lipinski definition) is 0. The van der Waals surface area contributed by atoms with Gasteiger partial charge < -0.3 is 4.74 Å². The molecule has 0 aromatic rings. The maximum absolute atomic E-state index is 11.5. The number of hydrogen-bond acceptors (Lipinski definition) is 2. The molecule has 0 saturated heterocycles. The fourth-order valence-corrected chi connectivity index (χ4v) is 8.75. The maximum atomic E-state index is 11.5. The maximum Gasteiger partial charge on any atom is 0.307 e. The standard InChI is InChI=1S/C31H48O2/c1-8-23(20(2)3)10-9-21(4)27-13-14-28-26-12-11-24-19-25(33-22(5)32)15-17-30(24,6)29(26)16-18-31(27,28)7/h9-11,19-21,23,26-29H,8,12-18H2,1-7H3/b10-9+. The Hall–Kier alpha value is -1.31. The average Bonchev–Trinajstić information content (AvgIpc) is 3.11. The lowest BCUT2D eigenvalue weighted by atomic mass is 9.47. The minimum absolute atomic E-state index is 0.189. The van der Waals surface area contributed by atoms with Crippen molar-refractivity contribution in [1.29, 1.82) is 0 Å². The summed E-state index contributed by atoms with van der Waals surface area (Å²) in [6.45, 7) is 16.2. The minimum Gasteiger partial charge on any atom is -0.431 e. The van der Waals surface area contributed by atoms with Crippen LogP contribution in [0, 0.1) is 52.3 Å². The Bertz CT molecular complexity index is 832. The highest BCUT2D eigenvalue weighted by atomic mass is 16.5. The Labute approximate surface area is 203 Å². The number of ether oxygens (including phenoxy) is 1. The highest BCUT2D eigenvalue weighted by Gasteiger charge is 2.58. The van der Waals surface area contributed by atoms with E-state index in [1.807, 2.05) is 0 Å². The molecule has 184 valence electrons. The summed E-state index contributed by atoms with van der Waals surface area (Å²) in [4.78, 5) is 11.5. The lowest BCUT2D eigenvalue weighted by molar-refractivity contribution is -0.137. The molecular weight excluding hydrogens is 404 g/mol. The molecule has 0 aromatic carbocycles. The zero-order valence-electron chi connectivity index (χ0n) is 22.3. The van der Waals surface area contributed by atoms with Gasteiger partial charge in [-0.2, -0.15) is 0 Å². The van der Waals surface area contributed by atoms with Crippen molar-refractivity contribution in [3.8, 4) is 0 Å². The van der Waals surface area contributed by atoms with E-state index in [1.165, 1.54) is 51.0 Å². The fourth-order valence-electron chi connectivity index (χ4n) is 8.75. The zero-order valence-corrected chi connectivity index (χ0v) is 22.3. The number of allylic oxidation sites excluding steroid dienone is 6. The molecule has 2 heteroatoms. The normalized spacial score (nSPS) is 39.9. The fraction of sp³-hybridized carbons (Fsp3) is 0.774. The Morgan fingerprint density at radius 1 is 1.12 bits per heavy atom. The Kier molecular flexibility index (Phi) is 7.05. The van der Waals surface area contributed by atoms with Crippen LogP contribution in [0.4, 0.5) is 0 Å². The van der Waals surface area contributed by atoms with Crippen molar-refractivity contribution >= 4 is 5.97 Å². The van der Waals surface area contributed by atoms with Gasteiger partial charge in [-0.05, 0) is 109 Å². The molecule has 2 saturated carbocycles. The van der Waals surface area contributed by atoms with Crippen molar-refractivity contribution in [2.24, 2.45) is 52.3 Å². The molecule has 2 nitrogen and oxygen atoms in total. The van der Waals surface area contributed by atoms with Crippen molar-refractivity contribution in [2.75, 3.05) is 0 Å². The van der Waals surface area contributed by atoms with Crippen LogP contribution in [0.15, 0.2) is 35.6 Å². The molecule has 33 heavy (non-hydrogen) atoms. The van der Waals surface area contributed by atoms with Gasteiger partial charge in [-0.25, -0.2) is 0 Å². The van der Waals surface area contributed by atoms with Gasteiger partial charge in [0.25, 0.3) is 0 Å². The van der Waals surface area contributed by atoms with Crippen LogP contribution in [0.2, 0.25) is 0 Å². The van der Waals surface area contributed by atoms with Crippen LogP contribution in [-0.4, -0.2) is 5.97 Å². The molecule has 4 aliphatic rings. The van der Waals surface area contributed by atoms with Crippen LogP contribution >= 0.6 is 0 Å².